The molecule has 0 amide bonds. The van der Waals surface area contributed by atoms with Crippen molar-refractivity contribution in [3.63, 3.8) is 0 Å². The lowest BCUT2D eigenvalue weighted by atomic mass is 9.84. The van der Waals surface area contributed by atoms with Crippen LogP contribution >= 0.6 is 0 Å². The summed E-state index contributed by atoms with van der Waals surface area (Å²) in [6, 6.07) is 0. The van der Waals surface area contributed by atoms with Crippen molar-refractivity contribution in [1.29, 1.82) is 0 Å². The summed E-state index contributed by atoms with van der Waals surface area (Å²) in [5.41, 5.74) is 0.671. The van der Waals surface area contributed by atoms with Crippen molar-refractivity contribution in [2.75, 3.05) is 14.2 Å². The molecule has 5 heteroatoms. The Morgan fingerprint density at radius 1 is 1.14 bits per heavy atom. The van der Waals surface area contributed by atoms with Gasteiger partial charge in [0.2, 0.25) is 0 Å². The number of ketones is 1. The van der Waals surface area contributed by atoms with Gasteiger partial charge in [0.25, 0.3) is 0 Å². The van der Waals surface area contributed by atoms with Gasteiger partial charge in [-0.25, -0.2) is 0 Å². The van der Waals surface area contributed by atoms with Crippen LogP contribution in [0.1, 0.15) is 39.5 Å². The third-order valence-corrected chi connectivity index (χ3v) is 3.67. The van der Waals surface area contributed by atoms with Gasteiger partial charge >= 0.3 is 11.9 Å². The standard InChI is InChI=1S/C16H22O5/c1-11(5-6-12(2)17)9-13-7-8-16(10-13,14(18)20-3)15(19)21-4/h7,9H,5-6,8,10H2,1-4H3/b11-9-. The Labute approximate surface area is 125 Å². The van der Waals surface area contributed by atoms with E-state index in [1.54, 1.807) is 6.92 Å². The normalized spacial score (nSPS) is 17.1. The molecule has 5 nitrogen and oxygen atoms in total. The van der Waals surface area contributed by atoms with Crippen molar-refractivity contribution in [2.45, 2.75) is 39.5 Å². The van der Waals surface area contributed by atoms with Crippen LogP contribution in [0.5, 0.6) is 0 Å². The van der Waals surface area contributed by atoms with E-state index in [4.69, 9.17) is 9.47 Å². The van der Waals surface area contributed by atoms with E-state index in [2.05, 4.69) is 0 Å². The van der Waals surface area contributed by atoms with Crippen LogP contribution in [0.4, 0.5) is 0 Å². The number of carbonyl (C=O) groups excluding carboxylic acids is 3. The van der Waals surface area contributed by atoms with Crippen LogP contribution in [0.25, 0.3) is 0 Å². The Bertz CT molecular complexity index is 483. The van der Waals surface area contributed by atoms with Crippen LogP contribution in [0.15, 0.2) is 23.3 Å². The minimum atomic E-state index is -1.27. The molecule has 0 aromatic rings. The highest BCUT2D eigenvalue weighted by molar-refractivity contribution is 6.01. The van der Waals surface area contributed by atoms with Crippen LogP contribution in [0.3, 0.4) is 0 Å². The van der Waals surface area contributed by atoms with E-state index >= 15 is 0 Å². The molecule has 0 saturated carbocycles. The third kappa shape index (κ3) is 4.03. The van der Waals surface area contributed by atoms with Gasteiger partial charge in [0.05, 0.1) is 14.2 Å². The Balaban J connectivity index is 2.83. The summed E-state index contributed by atoms with van der Waals surface area (Å²) in [4.78, 5) is 34.9. The highest BCUT2D eigenvalue weighted by Crippen LogP contribution is 2.40. The molecule has 1 aliphatic carbocycles. The Morgan fingerprint density at radius 3 is 2.19 bits per heavy atom. The van der Waals surface area contributed by atoms with Crippen molar-refractivity contribution >= 4 is 17.7 Å². The molecule has 116 valence electrons. The first-order chi connectivity index (χ1) is 9.85. The van der Waals surface area contributed by atoms with E-state index in [9.17, 15) is 14.4 Å². The zero-order valence-corrected chi connectivity index (χ0v) is 13.0. The van der Waals surface area contributed by atoms with Crippen molar-refractivity contribution in [1.82, 2.24) is 0 Å². The largest absolute Gasteiger partial charge is 0.468 e. The van der Waals surface area contributed by atoms with Gasteiger partial charge in [0, 0.05) is 6.42 Å². The van der Waals surface area contributed by atoms with E-state index in [0.29, 0.717) is 12.8 Å². The van der Waals surface area contributed by atoms with Crippen LogP contribution in [-0.4, -0.2) is 31.9 Å². The number of Topliss-reactive ketones (excluding diaryl/α,β-unsaturated/α-hetero) is 1. The topological polar surface area (TPSA) is 69.7 Å². The van der Waals surface area contributed by atoms with Crippen LogP contribution in [0, 0.1) is 5.41 Å². The molecule has 21 heavy (non-hydrogen) atoms. The molecule has 0 bridgehead atoms. The average molecular weight is 294 g/mol. The Hall–Kier alpha value is -1.91. The molecule has 0 radical (unpaired) electrons. The lowest BCUT2D eigenvalue weighted by Crippen LogP contribution is -2.39. The zero-order chi connectivity index (χ0) is 16.0. The lowest BCUT2D eigenvalue weighted by Gasteiger charge is -2.22. The molecule has 0 heterocycles. The molecule has 0 aromatic heterocycles. The average Bonchev–Trinajstić information content (AvgIpc) is 2.88. The summed E-state index contributed by atoms with van der Waals surface area (Å²) in [6.07, 6.45) is 5.49. The van der Waals surface area contributed by atoms with Crippen LogP contribution in [-0.2, 0) is 23.9 Å². The van der Waals surface area contributed by atoms with Gasteiger partial charge in [-0.2, -0.15) is 0 Å². The first kappa shape index (κ1) is 17.1. The molecule has 0 unspecified atom stereocenters. The number of ether oxygens (including phenoxy) is 2. The van der Waals surface area contributed by atoms with Gasteiger partial charge in [-0.05, 0) is 33.1 Å². The smallest absolute Gasteiger partial charge is 0.323 e. The number of methoxy groups -OCH3 is 2. The second kappa shape index (κ2) is 7.20. The van der Waals surface area contributed by atoms with Crippen molar-refractivity contribution < 1.29 is 23.9 Å². The summed E-state index contributed by atoms with van der Waals surface area (Å²) in [7, 11) is 2.53. The summed E-state index contributed by atoms with van der Waals surface area (Å²) < 4.78 is 9.51. The van der Waals surface area contributed by atoms with E-state index < -0.39 is 17.4 Å². The summed E-state index contributed by atoms with van der Waals surface area (Å²) >= 11 is 0. The van der Waals surface area contributed by atoms with Crippen molar-refractivity contribution in [2.24, 2.45) is 5.41 Å². The number of carbonyl (C=O) groups is 3. The van der Waals surface area contributed by atoms with Gasteiger partial charge in [0.15, 0.2) is 5.41 Å². The van der Waals surface area contributed by atoms with Crippen LogP contribution < -0.4 is 0 Å². The molecule has 1 aliphatic rings. The van der Waals surface area contributed by atoms with Gasteiger partial charge in [-0.1, -0.05) is 23.3 Å². The summed E-state index contributed by atoms with van der Waals surface area (Å²) in [5.74, 6) is -1.01. The minimum Gasteiger partial charge on any atom is -0.468 e. The van der Waals surface area contributed by atoms with E-state index in [1.807, 2.05) is 19.1 Å². The minimum absolute atomic E-state index is 0.140. The summed E-state index contributed by atoms with van der Waals surface area (Å²) in [6.45, 7) is 3.49. The number of allylic oxidation sites excluding steroid dienone is 4. The fourth-order valence-corrected chi connectivity index (χ4v) is 2.46. The molecule has 0 atom stereocenters. The van der Waals surface area contributed by atoms with Gasteiger partial charge < -0.3 is 14.3 Å². The number of esters is 2. The predicted molar refractivity (Wildman–Crippen MR) is 77.5 cm³/mol. The Morgan fingerprint density at radius 2 is 1.71 bits per heavy atom. The molecular formula is C16H22O5. The lowest BCUT2D eigenvalue weighted by molar-refractivity contribution is -0.168. The SMILES string of the molecule is COC(=O)C1(C(=O)OC)CC=C(/C=C(/C)CCC(C)=O)C1. The second-order valence-corrected chi connectivity index (χ2v) is 5.42. The molecule has 0 fully saturated rings. The second-order valence-electron chi connectivity index (χ2n) is 5.42. The first-order valence-electron chi connectivity index (χ1n) is 6.88. The van der Waals surface area contributed by atoms with E-state index in [-0.39, 0.29) is 18.6 Å². The molecule has 0 N–H and O–H groups in total. The maximum Gasteiger partial charge on any atom is 0.323 e. The third-order valence-electron chi connectivity index (χ3n) is 3.67. The first-order valence-corrected chi connectivity index (χ1v) is 6.88. The van der Waals surface area contributed by atoms with E-state index in [0.717, 1.165) is 11.1 Å². The quantitative estimate of drug-likeness (QED) is 0.555. The molecule has 0 aromatic carbocycles. The highest BCUT2D eigenvalue weighted by Gasteiger charge is 2.50. The van der Waals surface area contributed by atoms with Crippen LogP contribution in [0.2, 0.25) is 0 Å². The van der Waals surface area contributed by atoms with Gasteiger partial charge in [0.1, 0.15) is 5.78 Å². The predicted octanol–water partition coefficient (Wildman–Crippen LogP) is 2.35. The maximum absolute atomic E-state index is 12.0. The molecule has 0 spiro atoms. The van der Waals surface area contributed by atoms with E-state index in [1.165, 1.54) is 14.2 Å². The Kier molecular flexibility index (Phi) is 5.88. The van der Waals surface area contributed by atoms with Gasteiger partial charge in [-0.15, -0.1) is 0 Å². The highest BCUT2D eigenvalue weighted by atomic mass is 16.5. The number of rotatable bonds is 6. The zero-order valence-electron chi connectivity index (χ0n) is 13.0. The van der Waals surface area contributed by atoms with Crippen molar-refractivity contribution in [3.8, 4) is 0 Å². The fraction of sp³-hybridized carbons (Fsp3) is 0.562. The molecular weight excluding hydrogens is 272 g/mol. The van der Waals surface area contributed by atoms with Gasteiger partial charge in [-0.3, -0.25) is 9.59 Å². The number of hydrogen-bond acceptors (Lipinski definition) is 5. The monoisotopic (exact) mass is 294 g/mol. The summed E-state index contributed by atoms with van der Waals surface area (Å²) in [5, 5.41) is 0. The molecule has 0 saturated heterocycles. The molecule has 0 aliphatic heterocycles. The molecule has 1 rings (SSSR count). The number of hydrogen-bond donors (Lipinski definition) is 0. The maximum atomic E-state index is 12.0. The fourth-order valence-electron chi connectivity index (χ4n) is 2.46. The van der Waals surface area contributed by atoms with Crippen molar-refractivity contribution in [3.05, 3.63) is 23.3 Å².